The van der Waals surface area contributed by atoms with Crippen LogP contribution in [-0.4, -0.2) is 41.3 Å². The lowest BCUT2D eigenvalue weighted by atomic mass is 10.0. The predicted octanol–water partition coefficient (Wildman–Crippen LogP) is 3.73. The Kier molecular flexibility index (Phi) is 5.77. The minimum atomic E-state index is -0.643. The van der Waals surface area contributed by atoms with Gasteiger partial charge >= 0.3 is 0 Å². The van der Waals surface area contributed by atoms with Crippen molar-refractivity contribution in [3.05, 3.63) is 59.7 Å². The van der Waals surface area contributed by atoms with E-state index in [0.29, 0.717) is 37.4 Å². The summed E-state index contributed by atoms with van der Waals surface area (Å²) in [6, 6.07) is 5.85. The largest absolute Gasteiger partial charge is 0.457 e. The third-order valence-corrected chi connectivity index (χ3v) is 4.91. The summed E-state index contributed by atoms with van der Waals surface area (Å²) in [5.41, 5.74) is 1.42. The van der Waals surface area contributed by atoms with Crippen molar-refractivity contribution in [1.29, 1.82) is 0 Å². The molecule has 7 nitrogen and oxygen atoms in total. The van der Waals surface area contributed by atoms with Crippen LogP contribution in [-0.2, 0) is 20.9 Å². The lowest BCUT2D eigenvalue weighted by Gasteiger charge is -2.33. The molecule has 3 heterocycles. The van der Waals surface area contributed by atoms with E-state index in [0.717, 1.165) is 5.71 Å². The molecule has 0 bridgehead atoms. The molecular formula is C22H23F2N3O4. The maximum Gasteiger partial charge on any atom is 0.244 e. The molecule has 0 radical (unpaired) electrons. The van der Waals surface area contributed by atoms with Crippen LogP contribution in [0.2, 0.25) is 0 Å². The fourth-order valence-corrected chi connectivity index (χ4v) is 3.30. The first-order chi connectivity index (χ1) is 14.9. The van der Waals surface area contributed by atoms with E-state index in [2.05, 4.69) is 10.1 Å². The number of halogens is 2. The smallest absolute Gasteiger partial charge is 0.244 e. The third-order valence-electron chi connectivity index (χ3n) is 4.91. The van der Waals surface area contributed by atoms with Gasteiger partial charge in [-0.1, -0.05) is 23.4 Å². The van der Waals surface area contributed by atoms with Crippen LogP contribution in [0, 0.1) is 11.6 Å². The van der Waals surface area contributed by atoms with Crippen LogP contribution in [0.5, 0.6) is 0 Å². The van der Waals surface area contributed by atoms with Gasteiger partial charge in [-0.2, -0.15) is 0 Å². The maximum absolute atomic E-state index is 14.6. The number of rotatable bonds is 7. The summed E-state index contributed by atoms with van der Waals surface area (Å²) in [5.74, 6) is -0.906. The quantitative estimate of drug-likeness (QED) is 0.532. The molecule has 0 unspecified atom stereocenters. The number of aliphatic hydroxyl groups is 1. The SMILES string of the molecule is CC1(C)OC=C(CCON=C2CN(c3ncc(-c4cccc(CO)c4F)cc3F)C2)O1. The zero-order valence-electron chi connectivity index (χ0n) is 17.3. The molecule has 2 aliphatic heterocycles. The Hall–Kier alpha value is -3.20. The normalized spacial score (nSPS) is 16.9. The molecule has 9 heteroatoms. The van der Waals surface area contributed by atoms with Crippen LogP contribution in [0.25, 0.3) is 11.1 Å². The molecule has 0 spiro atoms. The van der Waals surface area contributed by atoms with E-state index >= 15 is 0 Å². The standard InChI is InChI=1S/C22H23F2N3O4/c1-22(2)29-13-17(31-22)6-7-30-26-16-10-27(11-16)21-19(23)8-15(9-25-21)18-5-3-4-14(12-28)20(18)24/h3-5,8-9,13,28H,6-7,10-12H2,1-2H3. The molecule has 1 N–H and O–H groups in total. The van der Waals surface area contributed by atoms with Crippen molar-refractivity contribution in [1.82, 2.24) is 4.98 Å². The molecule has 164 valence electrons. The molecule has 31 heavy (non-hydrogen) atoms. The first-order valence-corrected chi connectivity index (χ1v) is 9.89. The lowest BCUT2D eigenvalue weighted by molar-refractivity contribution is -0.118. The number of anilines is 1. The van der Waals surface area contributed by atoms with Gasteiger partial charge in [0.15, 0.2) is 11.6 Å². The first kappa shape index (κ1) is 21.0. The Labute approximate surface area is 178 Å². The Morgan fingerprint density at radius 3 is 2.77 bits per heavy atom. The molecule has 0 amide bonds. The average molecular weight is 431 g/mol. The first-order valence-electron chi connectivity index (χ1n) is 9.89. The molecule has 2 aromatic rings. The Morgan fingerprint density at radius 1 is 1.29 bits per heavy atom. The molecule has 2 aliphatic rings. The second kappa shape index (κ2) is 8.50. The molecule has 0 atom stereocenters. The predicted molar refractivity (Wildman–Crippen MR) is 110 cm³/mol. The summed E-state index contributed by atoms with van der Waals surface area (Å²) in [6.45, 7) is 4.35. The fourth-order valence-electron chi connectivity index (χ4n) is 3.30. The number of benzene rings is 1. The number of pyridine rings is 1. The van der Waals surface area contributed by atoms with Gasteiger partial charge in [0.1, 0.15) is 24.4 Å². The second-order valence-electron chi connectivity index (χ2n) is 7.77. The molecule has 1 fully saturated rings. The number of hydrogen-bond acceptors (Lipinski definition) is 7. The summed E-state index contributed by atoms with van der Waals surface area (Å²) in [7, 11) is 0. The summed E-state index contributed by atoms with van der Waals surface area (Å²) in [6.07, 6.45) is 3.53. The lowest BCUT2D eigenvalue weighted by Crippen LogP contribution is -2.48. The molecular weight excluding hydrogens is 408 g/mol. The highest BCUT2D eigenvalue weighted by molar-refractivity contribution is 5.99. The van der Waals surface area contributed by atoms with E-state index in [1.54, 1.807) is 17.2 Å². The Balaban J connectivity index is 1.31. The van der Waals surface area contributed by atoms with Crippen molar-refractivity contribution < 1.29 is 28.2 Å². The van der Waals surface area contributed by atoms with Crippen LogP contribution in [0.15, 0.2) is 47.6 Å². The van der Waals surface area contributed by atoms with Crippen molar-refractivity contribution >= 4 is 11.5 Å². The Bertz CT molecular complexity index is 1030. The van der Waals surface area contributed by atoms with Crippen molar-refractivity contribution in [3.63, 3.8) is 0 Å². The van der Waals surface area contributed by atoms with Crippen molar-refractivity contribution in [3.8, 4) is 11.1 Å². The summed E-state index contributed by atoms with van der Waals surface area (Å²) in [5, 5.41) is 13.3. The van der Waals surface area contributed by atoms with E-state index in [1.165, 1.54) is 24.4 Å². The molecule has 4 rings (SSSR count). The monoisotopic (exact) mass is 431 g/mol. The number of ether oxygens (including phenoxy) is 2. The molecule has 1 saturated heterocycles. The van der Waals surface area contributed by atoms with Crippen molar-refractivity contribution in [2.75, 3.05) is 24.6 Å². The number of nitrogens with zero attached hydrogens (tertiary/aromatic N) is 3. The van der Waals surface area contributed by atoms with E-state index in [-0.39, 0.29) is 16.9 Å². The Morgan fingerprint density at radius 2 is 2.10 bits per heavy atom. The molecule has 0 aliphatic carbocycles. The number of hydrogen-bond donors (Lipinski definition) is 1. The maximum atomic E-state index is 14.6. The van der Waals surface area contributed by atoms with Crippen LogP contribution >= 0.6 is 0 Å². The van der Waals surface area contributed by atoms with Gasteiger partial charge in [-0.3, -0.25) is 0 Å². The summed E-state index contributed by atoms with van der Waals surface area (Å²) < 4.78 is 39.9. The topological polar surface area (TPSA) is 76.4 Å². The highest BCUT2D eigenvalue weighted by Crippen LogP contribution is 2.29. The van der Waals surface area contributed by atoms with E-state index in [1.807, 2.05) is 13.8 Å². The van der Waals surface area contributed by atoms with Gasteiger partial charge in [0.05, 0.1) is 25.4 Å². The second-order valence-corrected chi connectivity index (χ2v) is 7.77. The van der Waals surface area contributed by atoms with Gasteiger partial charge in [0.25, 0.3) is 0 Å². The van der Waals surface area contributed by atoms with Crippen LogP contribution in [0.3, 0.4) is 0 Å². The van der Waals surface area contributed by atoms with Gasteiger partial charge < -0.3 is 24.3 Å². The van der Waals surface area contributed by atoms with E-state index in [4.69, 9.17) is 14.3 Å². The van der Waals surface area contributed by atoms with E-state index < -0.39 is 24.0 Å². The zero-order chi connectivity index (χ0) is 22.0. The van der Waals surface area contributed by atoms with Crippen molar-refractivity contribution in [2.45, 2.75) is 32.7 Å². The minimum Gasteiger partial charge on any atom is -0.457 e. The van der Waals surface area contributed by atoms with Crippen molar-refractivity contribution in [2.24, 2.45) is 5.16 Å². The number of oxime groups is 1. The average Bonchev–Trinajstić information content (AvgIpc) is 3.06. The summed E-state index contributed by atoms with van der Waals surface area (Å²) >= 11 is 0. The van der Waals surface area contributed by atoms with Crippen LogP contribution in [0.1, 0.15) is 25.8 Å². The highest BCUT2D eigenvalue weighted by Gasteiger charge is 2.28. The van der Waals surface area contributed by atoms with Gasteiger partial charge in [0.2, 0.25) is 5.79 Å². The van der Waals surface area contributed by atoms with Crippen LogP contribution < -0.4 is 4.90 Å². The van der Waals surface area contributed by atoms with Gasteiger partial charge in [-0.25, -0.2) is 13.8 Å². The van der Waals surface area contributed by atoms with Gasteiger partial charge in [-0.05, 0) is 6.07 Å². The van der Waals surface area contributed by atoms with Gasteiger partial charge in [-0.15, -0.1) is 0 Å². The van der Waals surface area contributed by atoms with Gasteiger partial charge in [0, 0.05) is 43.2 Å². The number of aromatic nitrogens is 1. The minimum absolute atomic E-state index is 0.151. The summed E-state index contributed by atoms with van der Waals surface area (Å²) in [4.78, 5) is 11.2. The molecule has 1 aromatic heterocycles. The van der Waals surface area contributed by atoms with Crippen LogP contribution in [0.4, 0.5) is 14.6 Å². The fraction of sp³-hybridized carbons (Fsp3) is 0.364. The third kappa shape index (κ3) is 4.61. The highest BCUT2D eigenvalue weighted by atomic mass is 19.1. The molecule has 1 aromatic carbocycles. The zero-order valence-corrected chi connectivity index (χ0v) is 17.3. The number of aliphatic hydroxyl groups excluding tert-OH is 1. The van der Waals surface area contributed by atoms with E-state index in [9.17, 15) is 13.9 Å². The molecule has 0 saturated carbocycles.